The highest BCUT2D eigenvalue weighted by Gasteiger charge is 2.19. The number of carbonyl (C=O) groups excluding carboxylic acids is 1. The molecular weight excluding hydrogens is 361 g/mol. The maximum atomic E-state index is 13.2. The fourth-order valence-corrected chi connectivity index (χ4v) is 2.94. The summed E-state index contributed by atoms with van der Waals surface area (Å²) in [5, 5.41) is 7.31. The third-order valence-corrected chi connectivity index (χ3v) is 4.33. The number of nitrogens with one attached hydrogen (secondary N) is 1. The molecule has 6 nitrogen and oxygen atoms in total. The van der Waals surface area contributed by atoms with Gasteiger partial charge in [-0.05, 0) is 49.4 Å². The van der Waals surface area contributed by atoms with Crippen LogP contribution in [0.5, 0.6) is 5.75 Å². The van der Waals surface area contributed by atoms with Gasteiger partial charge in [-0.1, -0.05) is 11.2 Å². The van der Waals surface area contributed by atoms with Gasteiger partial charge in [-0.2, -0.15) is 0 Å². The van der Waals surface area contributed by atoms with E-state index in [1.807, 2.05) is 0 Å². The number of ether oxygens (including phenoxy) is 1. The van der Waals surface area contributed by atoms with Gasteiger partial charge in [0, 0.05) is 17.3 Å². The van der Waals surface area contributed by atoms with Gasteiger partial charge in [-0.15, -0.1) is 0 Å². The van der Waals surface area contributed by atoms with Crippen LogP contribution in [0.4, 0.5) is 10.1 Å². The summed E-state index contributed by atoms with van der Waals surface area (Å²) in [6.07, 6.45) is 0. The van der Waals surface area contributed by atoms with E-state index < -0.39 is 0 Å². The first kappa shape index (κ1) is 17.7. The number of hydrogen-bond donors (Lipinski definition) is 1. The molecule has 4 aromatic rings. The van der Waals surface area contributed by atoms with Crippen LogP contribution in [-0.2, 0) is 0 Å². The second-order valence-corrected chi connectivity index (χ2v) is 6.20. The monoisotopic (exact) mass is 377 g/mol. The Labute approximate surface area is 159 Å². The van der Waals surface area contributed by atoms with E-state index in [2.05, 4.69) is 15.5 Å². The summed E-state index contributed by atoms with van der Waals surface area (Å²) < 4.78 is 23.7. The molecule has 7 heteroatoms. The molecule has 0 unspecified atom stereocenters. The lowest BCUT2D eigenvalue weighted by Crippen LogP contribution is -2.13. The SMILES string of the molecule is COc1cccc(NC(=O)c2cc(-c3ccc(F)cc3)nc3onc(C)c23)c1. The first-order chi connectivity index (χ1) is 13.5. The molecular formula is C21H16FN3O3. The zero-order valence-corrected chi connectivity index (χ0v) is 15.2. The van der Waals surface area contributed by atoms with Crippen molar-refractivity contribution in [2.75, 3.05) is 12.4 Å². The first-order valence-electron chi connectivity index (χ1n) is 8.53. The summed E-state index contributed by atoms with van der Waals surface area (Å²) >= 11 is 0. The van der Waals surface area contributed by atoms with Crippen molar-refractivity contribution >= 4 is 22.7 Å². The van der Waals surface area contributed by atoms with Crippen LogP contribution >= 0.6 is 0 Å². The minimum absolute atomic E-state index is 0.245. The van der Waals surface area contributed by atoms with Gasteiger partial charge in [-0.25, -0.2) is 9.37 Å². The zero-order valence-electron chi connectivity index (χ0n) is 15.2. The Kier molecular flexibility index (Phi) is 4.49. The smallest absolute Gasteiger partial charge is 0.259 e. The molecule has 2 aromatic carbocycles. The van der Waals surface area contributed by atoms with Gasteiger partial charge in [0.05, 0.1) is 29.4 Å². The molecule has 1 amide bonds. The highest BCUT2D eigenvalue weighted by Crippen LogP contribution is 2.28. The minimum Gasteiger partial charge on any atom is -0.497 e. The summed E-state index contributed by atoms with van der Waals surface area (Å²) in [5.41, 5.74) is 2.91. The highest BCUT2D eigenvalue weighted by atomic mass is 19.1. The second-order valence-electron chi connectivity index (χ2n) is 6.20. The van der Waals surface area contributed by atoms with Gasteiger partial charge in [0.2, 0.25) is 0 Å². The maximum Gasteiger partial charge on any atom is 0.259 e. The van der Waals surface area contributed by atoms with Crippen molar-refractivity contribution in [3.05, 3.63) is 71.7 Å². The Hall–Kier alpha value is -3.74. The highest BCUT2D eigenvalue weighted by molar-refractivity contribution is 6.13. The van der Waals surface area contributed by atoms with E-state index >= 15 is 0 Å². The van der Waals surface area contributed by atoms with Crippen molar-refractivity contribution in [1.82, 2.24) is 10.1 Å². The Balaban J connectivity index is 1.78. The zero-order chi connectivity index (χ0) is 19.7. The first-order valence-corrected chi connectivity index (χ1v) is 8.53. The van der Waals surface area contributed by atoms with Crippen LogP contribution in [0.3, 0.4) is 0 Å². The molecule has 0 fully saturated rings. The van der Waals surface area contributed by atoms with Crippen LogP contribution in [0, 0.1) is 12.7 Å². The normalized spacial score (nSPS) is 10.8. The summed E-state index contributed by atoms with van der Waals surface area (Å²) in [4.78, 5) is 17.4. The number of rotatable bonds is 4. The van der Waals surface area contributed by atoms with Crippen LogP contribution in [0.15, 0.2) is 59.1 Å². The predicted molar refractivity (Wildman–Crippen MR) is 103 cm³/mol. The number of anilines is 1. The molecule has 0 saturated carbocycles. The maximum absolute atomic E-state index is 13.2. The molecule has 140 valence electrons. The molecule has 0 aliphatic rings. The average molecular weight is 377 g/mol. The summed E-state index contributed by atoms with van der Waals surface area (Å²) in [6, 6.07) is 14.6. The molecule has 0 spiro atoms. The van der Waals surface area contributed by atoms with Gasteiger partial charge in [0.1, 0.15) is 11.6 Å². The van der Waals surface area contributed by atoms with Crippen LogP contribution in [0.2, 0.25) is 0 Å². The van der Waals surface area contributed by atoms with E-state index in [0.29, 0.717) is 39.3 Å². The summed E-state index contributed by atoms with van der Waals surface area (Å²) in [7, 11) is 1.56. The van der Waals surface area contributed by atoms with E-state index in [9.17, 15) is 9.18 Å². The predicted octanol–water partition coefficient (Wildman–Crippen LogP) is 4.60. The number of hydrogen-bond acceptors (Lipinski definition) is 5. The number of carbonyl (C=O) groups is 1. The lowest BCUT2D eigenvalue weighted by molar-refractivity contribution is 0.102. The second kappa shape index (κ2) is 7.11. The average Bonchev–Trinajstić information content (AvgIpc) is 3.09. The molecule has 4 rings (SSSR count). The van der Waals surface area contributed by atoms with Gasteiger partial charge in [0.15, 0.2) is 0 Å². The minimum atomic E-state index is -0.351. The van der Waals surface area contributed by atoms with E-state index in [4.69, 9.17) is 9.26 Å². The van der Waals surface area contributed by atoms with Gasteiger partial charge in [0.25, 0.3) is 11.6 Å². The Morgan fingerprint density at radius 3 is 2.68 bits per heavy atom. The summed E-state index contributed by atoms with van der Waals surface area (Å²) in [6.45, 7) is 1.74. The molecule has 28 heavy (non-hydrogen) atoms. The van der Waals surface area contributed by atoms with Crippen LogP contribution < -0.4 is 10.1 Å². The molecule has 0 radical (unpaired) electrons. The third kappa shape index (κ3) is 3.29. The molecule has 0 bridgehead atoms. The quantitative estimate of drug-likeness (QED) is 0.562. The Morgan fingerprint density at radius 1 is 1.14 bits per heavy atom. The molecule has 0 aliphatic heterocycles. The van der Waals surface area contributed by atoms with Crippen LogP contribution in [0.1, 0.15) is 16.1 Å². The fraction of sp³-hybridized carbons (Fsp3) is 0.0952. The van der Waals surface area contributed by atoms with Gasteiger partial charge < -0.3 is 14.6 Å². The molecule has 1 N–H and O–H groups in total. The molecule has 0 atom stereocenters. The van der Waals surface area contributed by atoms with Crippen LogP contribution in [0.25, 0.3) is 22.4 Å². The van der Waals surface area contributed by atoms with Gasteiger partial charge >= 0.3 is 0 Å². The van der Waals surface area contributed by atoms with Crippen molar-refractivity contribution in [1.29, 1.82) is 0 Å². The van der Waals surface area contributed by atoms with Gasteiger partial charge in [-0.3, -0.25) is 4.79 Å². The lowest BCUT2D eigenvalue weighted by Gasteiger charge is -2.09. The number of pyridine rings is 1. The number of benzene rings is 2. The van der Waals surface area contributed by atoms with Crippen molar-refractivity contribution in [3.8, 4) is 17.0 Å². The van der Waals surface area contributed by atoms with Crippen LogP contribution in [-0.4, -0.2) is 23.2 Å². The van der Waals surface area contributed by atoms with Crippen molar-refractivity contribution in [2.45, 2.75) is 6.92 Å². The van der Waals surface area contributed by atoms with Crippen molar-refractivity contribution in [3.63, 3.8) is 0 Å². The van der Waals surface area contributed by atoms with E-state index in [1.165, 1.54) is 12.1 Å². The number of fused-ring (bicyclic) bond motifs is 1. The number of nitrogens with zero attached hydrogens (tertiary/aromatic N) is 2. The molecule has 0 saturated heterocycles. The van der Waals surface area contributed by atoms with E-state index in [-0.39, 0.29) is 17.4 Å². The molecule has 2 heterocycles. The summed E-state index contributed by atoms with van der Waals surface area (Å²) in [5.74, 6) is -0.0579. The Morgan fingerprint density at radius 2 is 1.93 bits per heavy atom. The number of aromatic nitrogens is 2. The number of aryl methyl sites for hydroxylation is 1. The number of halogens is 1. The topological polar surface area (TPSA) is 77.2 Å². The molecule has 0 aliphatic carbocycles. The van der Waals surface area contributed by atoms with E-state index in [0.717, 1.165) is 0 Å². The fourth-order valence-electron chi connectivity index (χ4n) is 2.94. The standard InChI is InChI=1S/C21H16FN3O3/c1-12-19-17(20(26)23-15-4-3-5-16(10-15)27-2)11-18(24-21(19)28-25-12)13-6-8-14(22)9-7-13/h3-11H,1-2H3,(H,23,26). The number of methoxy groups -OCH3 is 1. The number of amides is 1. The van der Waals surface area contributed by atoms with Crippen molar-refractivity contribution in [2.24, 2.45) is 0 Å². The lowest BCUT2D eigenvalue weighted by atomic mass is 10.0. The Bertz CT molecular complexity index is 1170. The van der Waals surface area contributed by atoms with Crippen molar-refractivity contribution < 1.29 is 18.4 Å². The largest absolute Gasteiger partial charge is 0.497 e. The third-order valence-electron chi connectivity index (χ3n) is 4.33. The molecule has 2 aromatic heterocycles. The van der Waals surface area contributed by atoms with E-state index in [1.54, 1.807) is 56.5 Å².